The van der Waals surface area contributed by atoms with Gasteiger partial charge < -0.3 is 15.2 Å². The summed E-state index contributed by atoms with van der Waals surface area (Å²) >= 11 is 1.45. The molecule has 1 aromatic heterocycles. The van der Waals surface area contributed by atoms with Crippen molar-refractivity contribution in [1.82, 2.24) is 9.97 Å². The van der Waals surface area contributed by atoms with Crippen LogP contribution in [0.15, 0.2) is 24.3 Å². The summed E-state index contributed by atoms with van der Waals surface area (Å²) in [6.07, 6.45) is 1.88. The molecule has 1 aromatic carbocycles. The number of rotatable bonds is 5. The van der Waals surface area contributed by atoms with E-state index in [4.69, 9.17) is 15.2 Å². The number of nitrogen functional groups attached to an aromatic ring is 1. The fourth-order valence-electron chi connectivity index (χ4n) is 1.90. The fraction of sp³-hybridized carbons (Fsp3) is 0.286. The van der Waals surface area contributed by atoms with Crippen LogP contribution in [0.3, 0.4) is 0 Å². The molecule has 1 unspecified atom stereocenters. The molecule has 7 heteroatoms. The molecule has 0 bridgehead atoms. The number of para-hydroxylation sites is 1. The van der Waals surface area contributed by atoms with Gasteiger partial charge in [0, 0.05) is 0 Å². The number of methoxy groups -OCH3 is 2. The zero-order chi connectivity index (χ0) is 15.4. The molecule has 112 valence electrons. The van der Waals surface area contributed by atoms with E-state index in [0.29, 0.717) is 23.1 Å². The number of hydrogen-bond acceptors (Lipinski definition) is 6. The molecule has 21 heavy (non-hydrogen) atoms. The van der Waals surface area contributed by atoms with Gasteiger partial charge in [-0.2, -0.15) is 9.97 Å². The van der Waals surface area contributed by atoms with E-state index in [2.05, 4.69) is 9.97 Å². The van der Waals surface area contributed by atoms with E-state index in [1.165, 1.54) is 32.0 Å². The molecule has 2 N–H and O–H groups in total. The standard InChI is InChI=1S/C14H16FN3O2S/c1-19-10-7-11(20-2)18-14(17-10)13(21-3)8-5-4-6-9(15)12(8)16/h4-7,13H,16H2,1-3H3. The summed E-state index contributed by atoms with van der Waals surface area (Å²) in [4.78, 5) is 8.61. The number of anilines is 1. The Kier molecular flexibility index (Phi) is 4.85. The maximum atomic E-state index is 13.7. The Morgan fingerprint density at radius 1 is 1.19 bits per heavy atom. The molecule has 5 nitrogen and oxygen atoms in total. The Labute approximate surface area is 126 Å². The second kappa shape index (κ2) is 6.62. The molecular weight excluding hydrogens is 293 g/mol. The first-order valence-electron chi connectivity index (χ1n) is 6.14. The van der Waals surface area contributed by atoms with E-state index in [1.54, 1.807) is 18.2 Å². The van der Waals surface area contributed by atoms with Crippen molar-refractivity contribution in [3.63, 3.8) is 0 Å². The molecule has 0 radical (unpaired) electrons. The van der Waals surface area contributed by atoms with Crippen LogP contribution in [-0.4, -0.2) is 30.4 Å². The summed E-state index contributed by atoms with van der Waals surface area (Å²) in [5, 5.41) is -0.315. The first-order chi connectivity index (χ1) is 10.1. The second-order valence-corrected chi connectivity index (χ2v) is 5.11. The van der Waals surface area contributed by atoms with Gasteiger partial charge in [0.05, 0.1) is 31.2 Å². The largest absolute Gasteiger partial charge is 0.481 e. The molecule has 0 aliphatic rings. The number of nitrogens with two attached hydrogens (primary N) is 1. The van der Waals surface area contributed by atoms with Gasteiger partial charge in [-0.3, -0.25) is 0 Å². The van der Waals surface area contributed by atoms with Crippen LogP contribution >= 0.6 is 11.8 Å². The lowest BCUT2D eigenvalue weighted by atomic mass is 10.1. The lowest BCUT2D eigenvalue weighted by Gasteiger charge is -2.17. The number of halogens is 1. The average Bonchev–Trinajstić information content (AvgIpc) is 2.51. The van der Waals surface area contributed by atoms with Crippen molar-refractivity contribution in [2.45, 2.75) is 5.25 Å². The fourth-order valence-corrected chi connectivity index (χ4v) is 2.68. The molecule has 0 fully saturated rings. The zero-order valence-electron chi connectivity index (χ0n) is 12.0. The van der Waals surface area contributed by atoms with Gasteiger partial charge in [-0.25, -0.2) is 4.39 Å². The minimum absolute atomic E-state index is 0.0993. The van der Waals surface area contributed by atoms with Crippen LogP contribution in [0.25, 0.3) is 0 Å². The van der Waals surface area contributed by atoms with Crippen LogP contribution in [0.2, 0.25) is 0 Å². The number of ether oxygens (including phenoxy) is 2. The third-order valence-corrected chi connectivity index (χ3v) is 3.89. The molecule has 2 rings (SSSR count). The smallest absolute Gasteiger partial charge is 0.220 e. The predicted molar refractivity (Wildman–Crippen MR) is 81.3 cm³/mol. The van der Waals surface area contributed by atoms with E-state index in [-0.39, 0.29) is 10.9 Å². The topological polar surface area (TPSA) is 70.3 Å². The lowest BCUT2D eigenvalue weighted by Crippen LogP contribution is -2.08. The number of thioether (sulfide) groups is 1. The zero-order valence-corrected chi connectivity index (χ0v) is 12.8. The highest BCUT2D eigenvalue weighted by Gasteiger charge is 2.22. The second-order valence-electron chi connectivity index (χ2n) is 4.17. The molecular formula is C14H16FN3O2S. The minimum atomic E-state index is -0.457. The molecule has 1 heterocycles. The van der Waals surface area contributed by atoms with Crippen molar-refractivity contribution >= 4 is 17.4 Å². The molecule has 0 aliphatic carbocycles. The highest BCUT2D eigenvalue weighted by Crippen LogP contribution is 2.37. The van der Waals surface area contributed by atoms with Crippen LogP contribution in [0.1, 0.15) is 16.6 Å². The van der Waals surface area contributed by atoms with Gasteiger partial charge in [0.2, 0.25) is 11.8 Å². The van der Waals surface area contributed by atoms with Crippen LogP contribution in [0.4, 0.5) is 10.1 Å². The highest BCUT2D eigenvalue weighted by atomic mass is 32.2. The lowest BCUT2D eigenvalue weighted by molar-refractivity contribution is 0.368. The number of aromatic nitrogens is 2. The number of hydrogen-bond donors (Lipinski definition) is 1. The predicted octanol–water partition coefficient (Wildman–Crippen LogP) is 2.67. The summed E-state index contributed by atoms with van der Waals surface area (Å²) in [5.74, 6) is 0.758. The van der Waals surface area contributed by atoms with Gasteiger partial charge in [0.15, 0.2) is 5.82 Å². The van der Waals surface area contributed by atoms with Crippen LogP contribution < -0.4 is 15.2 Å². The molecule has 0 amide bonds. The highest BCUT2D eigenvalue weighted by molar-refractivity contribution is 7.99. The molecule has 1 atom stereocenters. The third kappa shape index (κ3) is 3.18. The Hall–Kier alpha value is -2.02. The van der Waals surface area contributed by atoms with Gasteiger partial charge in [0.25, 0.3) is 0 Å². The normalized spacial score (nSPS) is 12.0. The van der Waals surface area contributed by atoms with Crippen LogP contribution in [-0.2, 0) is 0 Å². The third-order valence-electron chi connectivity index (χ3n) is 2.95. The van der Waals surface area contributed by atoms with Crippen molar-refractivity contribution < 1.29 is 13.9 Å². The van der Waals surface area contributed by atoms with E-state index in [9.17, 15) is 4.39 Å². The number of benzene rings is 1. The SMILES string of the molecule is COc1cc(OC)nc(C(SC)c2cccc(F)c2N)n1. The first kappa shape index (κ1) is 15.4. The van der Waals surface area contributed by atoms with E-state index in [0.717, 1.165) is 0 Å². The van der Waals surface area contributed by atoms with Gasteiger partial charge >= 0.3 is 0 Å². The van der Waals surface area contributed by atoms with E-state index < -0.39 is 5.82 Å². The summed E-state index contributed by atoms with van der Waals surface area (Å²) in [6.45, 7) is 0. The molecule has 0 saturated carbocycles. The molecule has 2 aromatic rings. The van der Waals surface area contributed by atoms with Crippen molar-refractivity contribution in [2.75, 3.05) is 26.2 Å². The monoisotopic (exact) mass is 309 g/mol. The van der Waals surface area contributed by atoms with Gasteiger partial charge in [-0.15, -0.1) is 11.8 Å². The van der Waals surface area contributed by atoms with Crippen molar-refractivity contribution in [3.8, 4) is 11.8 Å². The van der Waals surface area contributed by atoms with Crippen LogP contribution in [0, 0.1) is 5.82 Å². The Morgan fingerprint density at radius 2 is 1.81 bits per heavy atom. The van der Waals surface area contributed by atoms with Gasteiger partial charge in [-0.05, 0) is 17.9 Å². The van der Waals surface area contributed by atoms with Gasteiger partial charge in [-0.1, -0.05) is 12.1 Å². The Balaban J connectivity index is 2.53. The van der Waals surface area contributed by atoms with E-state index >= 15 is 0 Å². The van der Waals surface area contributed by atoms with Gasteiger partial charge in [0.1, 0.15) is 5.82 Å². The maximum absolute atomic E-state index is 13.7. The summed E-state index contributed by atoms with van der Waals surface area (Å²) in [7, 11) is 3.02. The van der Waals surface area contributed by atoms with Crippen molar-refractivity contribution in [1.29, 1.82) is 0 Å². The Morgan fingerprint density at radius 3 is 2.33 bits per heavy atom. The van der Waals surface area contributed by atoms with Crippen LogP contribution in [0.5, 0.6) is 11.8 Å². The van der Waals surface area contributed by atoms with Crippen molar-refractivity contribution in [3.05, 3.63) is 41.5 Å². The molecule has 0 spiro atoms. The maximum Gasteiger partial charge on any atom is 0.220 e. The van der Waals surface area contributed by atoms with E-state index in [1.807, 2.05) is 6.26 Å². The molecule has 0 saturated heterocycles. The summed E-state index contributed by atoms with van der Waals surface area (Å²) in [5.41, 5.74) is 6.55. The quantitative estimate of drug-likeness (QED) is 0.856. The Bertz CT molecular complexity index is 617. The minimum Gasteiger partial charge on any atom is -0.481 e. The van der Waals surface area contributed by atoms with Crippen molar-refractivity contribution in [2.24, 2.45) is 0 Å². The summed E-state index contributed by atoms with van der Waals surface area (Å²) < 4.78 is 23.9. The number of nitrogens with zero attached hydrogens (tertiary/aromatic N) is 2. The first-order valence-corrected chi connectivity index (χ1v) is 7.43. The summed E-state index contributed by atoms with van der Waals surface area (Å²) in [6, 6.07) is 6.27. The average molecular weight is 309 g/mol. The molecule has 0 aliphatic heterocycles.